The van der Waals surface area contributed by atoms with Gasteiger partial charge >= 0.3 is 0 Å². The fraction of sp³-hybridized carbons (Fsp3) is 0.400. The minimum absolute atomic E-state index is 0.0776. The molecule has 2 heteroatoms. The lowest BCUT2D eigenvalue weighted by Crippen LogP contribution is -2.14. The predicted octanol–water partition coefficient (Wildman–Crippen LogP) is 3.96. The maximum atomic E-state index is 4.75. The Morgan fingerprint density at radius 2 is 1.88 bits per heavy atom. The van der Waals surface area contributed by atoms with Crippen LogP contribution in [-0.4, -0.2) is 11.5 Å². The molecular weight excluding hydrogens is 208 g/mol. The first-order valence-electron chi connectivity index (χ1n) is 6.16. The Labute approximate surface area is 103 Å². The first kappa shape index (κ1) is 11.9. The van der Waals surface area contributed by atoms with Crippen LogP contribution in [0.2, 0.25) is 0 Å². The van der Waals surface area contributed by atoms with Crippen LogP contribution in [0.5, 0.6) is 0 Å². The van der Waals surface area contributed by atoms with Gasteiger partial charge in [-0.2, -0.15) is 0 Å². The highest BCUT2D eigenvalue weighted by Gasteiger charge is 2.17. The van der Waals surface area contributed by atoms with Crippen LogP contribution in [0, 0.1) is 0 Å². The largest absolute Gasteiger partial charge is 0.385 e. The minimum Gasteiger partial charge on any atom is -0.385 e. The lowest BCUT2D eigenvalue weighted by molar-refractivity contribution is 0.572. The molecule has 0 unspecified atom stereocenters. The second-order valence-corrected chi connectivity index (χ2v) is 5.35. The van der Waals surface area contributed by atoms with Crippen LogP contribution < -0.4 is 5.32 Å². The van der Waals surface area contributed by atoms with E-state index in [-0.39, 0.29) is 5.41 Å². The highest BCUT2D eigenvalue weighted by Crippen LogP contribution is 2.28. The molecule has 2 rings (SSSR count). The molecular formula is C15H20N2. The Morgan fingerprint density at radius 1 is 1.18 bits per heavy atom. The molecule has 2 nitrogen and oxygen atoms in total. The summed E-state index contributed by atoms with van der Waals surface area (Å²) in [5, 5.41) is 4.62. The molecule has 0 aliphatic heterocycles. The monoisotopic (exact) mass is 228 g/mol. The molecule has 0 saturated carbocycles. The van der Waals surface area contributed by atoms with Gasteiger partial charge in [0.15, 0.2) is 0 Å². The third-order valence-corrected chi connectivity index (χ3v) is 2.85. The third-order valence-electron chi connectivity index (χ3n) is 2.85. The SMILES string of the molecule is CCNc1cc(C(C)(C)C)nc2ccccc12. The Kier molecular flexibility index (Phi) is 3.05. The van der Waals surface area contributed by atoms with E-state index in [2.05, 4.69) is 57.3 Å². The van der Waals surface area contributed by atoms with Crippen molar-refractivity contribution in [1.29, 1.82) is 0 Å². The summed E-state index contributed by atoms with van der Waals surface area (Å²) in [5.41, 5.74) is 3.46. The molecule has 0 amide bonds. The van der Waals surface area contributed by atoms with E-state index in [0.29, 0.717) is 0 Å². The van der Waals surface area contributed by atoms with Crippen LogP contribution >= 0.6 is 0 Å². The fourth-order valence-corrected chi connectivity index (χ4v) is 1.90. The van der Waals surface area contributed by atoms with E-state index < -0.39 is 0 Å². The summed E-state index contributed by atoms with van der Waals surface area (Å²) in [6, 6.07) is 10.5. The standard InChI is InChI=1S/C15H20N2/c1-5-16-13-10-14(15(2,3)4)17-12-9-7-6-8-11(12)13/h6-10H,5H2,1-4H3,(H,16,17). The summed E-state index contributed by atoms with van der Waals surface area (Å²) < 4.78 is 0. The van der Waals surface area contributed by atoms with Crippen LogP contribution in [0.1, 0.15) is 33.4 Å². The van der Waals surface area contributed by atoms with Gasteiger partial charge in [0.2, 0.25) is 0 Å². The third kappa shape index (κ3) is 2.41. The molecule has 2 aromatic rings. The summed E-state index contributed by atoms with van der Waals surface area (Å²) >= 11 is 0. The Balaban J connectivity index is 2.67. The van der Waals surface area contributed by atoms with E-state index in [9.17, 15) is 0 Å². The maximum absolute atomic E-state index is 4.75. The van der Waals surface area contributed by atoms with E-state index in [1.54, 1.807) is 0 Å². The van der Waals surface area contributed by atoms with Gasteiger partial charge in [0.05, 0.1) is 5.52 Å². The van der Waals surface area contributed by atoms with Gasteiger partial charge in [-0.05, 0) is 19.1 Å². The number of aromatic nitrogens is 1. The topological polar surface area (TPSA) is 24.9 Å². The zero-order valence-electron chi connectivity index (χ0n) is 11.0. The number of fused-ring (bicyclic) bond motifs is 1. The molecule has 1 aromatic heterocycles. The average Bonchev–Trinajstić information content (AvgIpc) is 2.28. The Bertz CT molecular complexity index is 524. The van der Waals surface area contributed by atoms with Crippen molar-refractivity contribution in [2.45, 2.75) is 33.1 Å². The highest BCUT2D eigenvalue weighted by atomic mass is 14.9. The van der Waals surface area contributed by atoms with Crippen molar-refractivity contribution in [2.24, 2.45) is 0 Å². The smallest absolute Gasteiger partial charge is 0.0726 e. The zero-order valence-corrected chi connectivity index (χ0v) is 11.0. The van der Waals surface area contributed by atoms with Crippen LogP contribution in [-0.2, 0) is 5.41 Å². The van der Waals surface area contributed by atoms with E-state index in [1.807, 2.05) is 6.07 Å². The molecule has 0 atom stereocenters. The molecule has 90 valence electrons. The molecule has 0 fully saturated rings. The summed E-state index contributed by atoms with van der Waals surface area (Å²) in [4.78, 5) is 4.75. The van der Waals surface area contributed by atoms with E-state index in [4.69, 9.17) is 4.98 Å². The van der Waals surface area contributed by atoms with Crippen LogP contribution in [0.15, 0.2) is 30.3 Å². The first-order valence-corrected chi connectivity index (χ1v) is 6.16. The summed E-state index contributed by atoms with van der Waals surface area (Å²) in [7, 11) is 0. The van der Waals surface area contributed by atoms with Crippen molar-refractivity contribution < 1.29 is 0 Å². The zero-order chi connectivity index (χ0) is 12.5. The van der Waals surface area contributed by atoms with Gasteiger partial charge in [-0.1, -0.05) is 39.0 Å². The number of hydrogen-bond donors (Lipinski definition) is 1. The molecule has 0 aliphatic carbocycles. The van der Waals surface area contributed by atoms with Crippen LogP contribution in [0.25, 0.3) is 10.9 Å². The Hall–Kier alpha value is -1.57. The Morgan fingerprint density at radius 3 is 2.53 bits per heavy atom. The van der Waals surface area contributed by atoms with Gasteiger partial charge in [-0.15, -0.1) is 0 Å². The number of pyridine rings is 1. The predicted molar refractivity (Wildman–Crippen MR) is 74.6 cm³/mol. The quantitative estimate of drug-likeness (QED) is 0.841. The molecule has 0 radical (unpaired) electrons. The van der Waals surface area contributed by atoms with Crippen molar-refractivity contribution >= 4 is 16.6 Å². The molecule has 17 heavy (non-hydrogen) atoms. The van der Waals surface area contributed by atoms with Crippen LogP contribution in [0.3, 0.4) is 0 Å². The molecule has 0 saturated heterocycles. The molecule has 0 aliphatic rings. The van der Waals surface area contributed by atoms with Crippen molar-refractivity contribution in [3.8, 4) is 0 Å². The number of nitrogens with zero attached hydrogens (tertiary/aromatic N) is 1. The van der Waals surface area contributed by atoms with Gasteiger partial charge in [0, 0.05) is 28.7 Å². The van der Waals surface area contributed by atoms with E-state index >= 15 is 0 Å². The molecule has 1 N–H and O–H groups in total. The molecule has 1 heterocycles. The van der Waals surface area contributed by atoms with E-state index in [0.717, 1.165) is 17.8 Å². The van der Waals surface area contributed by atoms with Gasteiger partial charge in [-0.3, -0.25) is 4.98 Å². The van der Waals surface area contributed by atoms with E-state index in [1.165, 1.54) is 11.1 Å². The first-order chi connectivity index (χ1) is 8.02. The highest BCUT2D eigenvalue weighted by molar-refractivity contribution is 5.91. The average molecular weight is 228 g/mol. The number of para-hydroxylation sites is 1. The molecule has 0 bridgehead atoms. The fourth-order valence-electron chi connectivity index (χ4n) is 1.90. The van der Waals surface area contributed by atoms with Crippen molar-refractivity contribution in [3.05, 3.63) is 36.0 Å². The number of benzene rings is 1. The lowest BCUT2D eigenvalue weighted by atomic mass is 9.91. The van der Waals surface area contributed by atoms with Crippen LogP contribution in [0.4, 0.5) is 5.69 Å². The summed E-state index contributed by atoms with van der Waals surface area (Å²) in [5.74, 6) is 0. The normalized spacial score (nSPS) is 11.8. The maximum Gasteiger partial charge on any atom is 0.0726 e. The van der Waals surface area contributed by atoms with Gasteiger partial charge in [0.1, 0.15) is 0 Å². The van der Waals surface area contributed by atoms with Gasteiger partial charge in [-0.25, -0.2) is 0 Å². The second-order valence-electron chi connectivity index (χ2n) is 5.35. The van der Waals surface area contributed by atoms with Gasteiger partial charge in [0.25, 0.3) is 0 Å². The summed E-state index contributed by atoms with van der Waals surface area (Å²) in [6.07, 6.45) is 0. The number of hydrogen-bond acceptors (Lipinski definition) is 2. The summed E-state index contributed by atoms with van der Waals surface area (Å²) in [6.45, 7) is 9.63. The number of rotatable bonds is 2. The van der Waals surface area contributed by atoms with Gasteiger partial charge < -0.3 is 5.32 Å². The van der Waals surface area contributed by atoms with Crippen molar-refractivity contribution in [2.75, 3.05) is 11.9 Å². The van der Waals surface area contributed by atoms with Crippen molar-refractivity contribution in [1.82, 2.24) is 4.98 Å². The minimum atomic E-state index is 0.0776. The number of anilines is 1. The van der Waals surface area contributed by atoms with Crippen molar-refractivity contribution in [3.63, 3.8) is 0 Å². The molecule has 1 aromatic carbocycles. The number of nitrogens with one attached hydrogen (secondary N) is 1. The second kappa shape index (κ2) is 4.36. The molecule has 0 spiro atoms. The lowest BCUT2D eigenvalue weighted by Gasteiger charge is -2.20.